The van der Waals surface area contributed by atoms with Crippen molar-refractivity contribution in [2.45, 2.75) is 46.1 Å². The monoisotopic (exact) mass is 270 g/mol. The zero-order chi connectivity index (χ0) is 14.6. The quantitative estimate of drug-likeness (QED) is 0.628. The molecule has 1 fully saturated rings. The summed E-state index contributed by atoms with van der Waals surface area (Å²) in [5.74, 6) is -1.81. The number of amides is 2. The van der Waals surface area contributed by atoms with Crippen molar-refractivity contribution >= 4 is 17.8 Å². The van der Waals surface area contributed by atoms with E-state index in [1.165, 1.54) is 0 Å². The van der Waals surface area contributed by atoms with Crippen LogP contribution >= 0.6 is 0 Å². The fourth-order valence-electron chi connectivity index (χ4n) is 1.61. The van der Waals surface area contributed by atoms with Crippen LogP contribution in [0.5, 0.6) is 0 Å². The van der Waals surface area contributed by atoms with Crippen LogP contribution in [-0.2, 0) is 14.4 Å². The molecule has 2 amide bonds. The maximum atomic E-state index is 11.7. The van der Waals surface area contributed by atoms with Gasteiger partial charge in [0.2, 0.25) is 11.8 Å². The van der Waals surface area contributed by atoms with E-state index in [1.807, 2.05) is 0 Å². The van der Waals surface area contributed by atoms with Crippen LogP contribution in [0.4, 0.5) is 0 Å². The van der Waals surface area contributed by atoms with Crippen molar-refractivity contribution in [2.24, 2.45) is 11.3 Å². The molecule has 108 valence electrons. The molecule has 6 heteroatoms. The number of hydrogen-bond donors (Lipinski definition) is 3. The van der Waals surface area contributed by atoms with Gasteiger partial charge in [-0.2, -0.15) is 0 Å². The molecular weight excluding hydrogens is 248 g/mol. The smallest absolute Gasteiger partial charge is 0.310 e. The van der Waals surface area contributed by atoms with E-state index in [2.05, 4.69) is 10.6 Å². The van der Waals surface area contributed by atoms with Crippen LogP contribution in [0.3, 0.4) is 0 Å². The van der Waals surface area contributed by atoms with E-state index in [9.17, 15) is 19.5 Å². The van der Waals surface area contributed by atoms with Gasteiger partial charge in [0.05, 0.1) is 12.0 Å². The van der Waals surface area contributed by atoms with Gasteiger partial charge in [-0.3, -0.25) is 14.4 Å². The van der Waals surface area contributed by atoms with Crippen molar-refractivity contribution in [1.29, 1.82) is 0 Å². The Bertz CT molecular complexity index is 377. The normalized spacial score (nSPS) is 17.7. The second-order valence-corrected chi connectivity index (χ2v) is 5.67. The molecule has 0 bridgehead atoms. The lowest BCUT2D eigenvalue weighted by molar-refractivity contribution is -0.153. The van der Waals surface area contributed by atoms with Gasteiger partial charge in [-0.1, -0.05) is 13.8 Å². The average molecular weight is 270 g/mol. The van der Waals surface area contributed by atoms with Crippen LogP contribution in [0.15, 0.2) is 0 Å². The molecule has 1 saturated carbocycles. The minimum atomic E-state index is -1.11. The minimum absolute atomic E-state index is 0.0941. The SMILES string of the molecule is CC(C)C(C)(CC(=O)NCC(=O)NC1CC1)C(=O)O. The van der Waals surface area contributed by atoms with E-state index in [-0.39, 0.29) is 30.8 Å². The molecule has 6 nitrogen and oxygen atoms in total. The topological polar surface area (TPSA) is 95.5 Å². The van der Waals surface area contributed by atoms with E-state index < -0.39 is 17.3 Å². The maximum absolute atomic E-state index is 11.7. The highest BCUT2D eigenvalue weighted by Gasteiger charge is 2.38. The summed E-state index contributed by atoms with van der Waals surface area (Å²) in [4.78, 5) is 34.3. The van der Waals surface area contributed by atoms with Gasteiger partial charge in [-0.15, -0.1) is 0 Å². The molecule has 1 rings (SSSR count). The number of rotatable bonds is 7. The van der Waals surface area contributed by atoms with Crippen LogP contribution in [0.2, 0.25) is 0 Å². The highest BCUT2D eigenvalue weighted by Crippen LogP contribution is 2.31. The summed E-state index contributed by atoms with van der Waals surface area (Å²) in [6.45, 7) is 4.98. The molecular formula is C13H22N2O4. The Balaban J connectivity index is 2.39. The highest BCUT2D eigenvalue weighted by atomic mass is 16.4. The molecule has 0 aromatic heterocycles. The Morgan fingerprint density at radius 2 is 1.84 bits per heavy atom. The van der Waals surface area contributed by atoms with Crippen LogP contribution in [-0.4, -0.2) is 35.5 Å². The number of carbonyl (C=O) groups is 3. The van der Waals surface area contributed by atoms with E-state index in [0.29, 0.717) is 0 Å². The molecule has 0 heterocycles. The summed E-state index contributed by atoms with van der Waals surface area (Å²) in [5, 5.41) is 14.4. The number of nitrogens with one attached hydrogen (secondary N) is 2. The Labute approximate surface area is 112 Å². The Hall–Kier alpha value is -1.59. The first-order chi connectivity index (χ1) is 8.75. The Morgan fingerprint density at radius 1 is 1.26 bits per heavy atom. The lowest BCUT2D eigenvalue weighted by Gasteiger charge is -2.28. The van der Waals surface area contributed by atoms with E-state index >= 15 is 0 Å². The molecule has 0 aromatic carbocycles. The number of aliphatic carboxylic acids is 1. The summed E-state index contributed by atoms with van der Waals surface area (Å²) < 4.78 is 0. The second-order valence-electron chi connectivity index (χ2n) is 5.67. The number of carboxylic acid groups (broad SMARTS) is 1. The third-order valence-corrected chi connectivity index (χ3v) is 3.68. The molecule has 1 unspecified atom stereocenters. The van der Waals surface area contributed by atoms with Crippen molar-refractivity contribution < 1.29 is 19.5 Å². The van der Waals surface area contributed by atoms with Crippen LogP contribution in [0.25, 0.3) is 0 Å². The molecule has 0 aliphatic heterocycles. The largest absolute Gasteiger partial charge is 0.481 e. The van der Waals surface area contributed by atoms with Crippen molar-refractivity contribution in [3.05, 3.63) is 0 Å². The third kappa shape index (κ3) is 4.54. The molecule has 0 saturated heterocycles. The molecule has 1 aliphatic carbocycles. The van der Waals surface area contributed by atoms with E-state index in [1.54, 1.807) is 20.8 Å². The van der Waals surface area contributed by atoms with Crippen LogP contribution < -0.4 is 10.6 Å². The van der Waals surface area contributed by atoms with Crippen molar-refractivity contribution in [2.75, 3.05) is 6.54 Å². The molecule has 0 spiro atoms. The molecule has 1 aliphatic rings. The number of carbonyl (C=O) groups excluding carboxylic acids is 2. The van der Waals surface area contributed by atoms with Crippen molar-refractivity contribution in [3.8, 4) is 0 Å². The van der Waals surface area contributed by atoms with Gasteiger partial charge in [0, 0.05) is 12.5 Å². The Kier molecular flexibility index (Phi) is 4.91. The minimum Gasteiger partial charge on any atom is -0.481 e. The predicted molar refractivity (Wildman–Crippen MR) is 69.4 cm³/mol. The van der Waals surface area contributed by atoms with Crippen molar-refractivity contribution in [3.63, 3.8) is 0 Å². The second kappa shape index (κ2) is 6.04. The first kappa shape index (κ1) is 15.5. The predicted octanol–water partition coefficient (Wildman–Crippen LogP) is 0.518. The number of carboxylic acids is 1. The molecule has 1 atom stereocenters. The lowest BCUT2D eigenvalue weighted by Crippen LogP contribution is -2.42. The average Bonchev–Trinajstić information content (AvgIpc) is 3.09. The zero-order valence-electron chi connectivity index (χ0n) is 11.7. The van der Waals surface area contributed by atoms with Gasteiger partial charge in [-0.25, -0.2) is 0 Å². The zero-order valence-corrected chi connectivity index (χ0v) is 11.7. The summed E-state index contributed by atoms with van der Waals surface area (Å²) in [5.41, 5.74) is -1.11. The standard InChI is InChI=1S/C13H22N2O4/c1-8(2)13(3,12(18)19)6-10(16)14-7-11(17)15-9-4-5-9/h8-9H,4-7H2,1-3H3,(H,14,16)(H,15,17)(H,18,19). The van der Waals surface area contributed by atoms with Crippen molar-refractivity contribution in [1.82, 2.24) is 10.6 Å². The molecule has 19 heavy (non-hydrogen) atoms. The first-order valence-corrected chi connectivity index (χ1v) is 6.55. The van der Waals surface area contributed by atoms with Gasteiger partial charge in [0.15, 0.2) is 0 Å². The summed E-state index contributed by atoms with van der Waals surface area (Å²) >= 11 is 0. The van der Waals surface area contributed by atoms with Crippen LogP contribution in [0, 0.1) is 11.3 Å². The lowest BCUT2D eigenvalue weighted by atomic mass is 9.76. The van der Waals surface area contributed by atoms with Gasteiger partial charge >= 0.3 is 5.97 Å². The van der Waals surface area contributed by atoms with Gasteiger partial charge < -0.3 is 15.7 Å². The summed E-state index contributed by atoms with van der Waals surface area (Å²) in [7, 11) is 0. The first-order valence-electron chi connectivity index (χ1n) is 6.55. The molecule has 0 radical (unpaired) electrons. The van der Waals surface area contributed by atoms with Gasteiger partial charge in [0.25, 0.3) is 0 Å². The van der Waals surface area contributed by atoms with E-state index in [4.69, 9.17) is 0 Å². The van der Waals surface area contributed by atoms with E-state index in [0.717, 1.165) is 12.8 Å². The fourth-order valence-corrected chi connectivity index (χ4v) is 1.61. The third-order valence-electron chi connectivity index (χ3n) is 3.68. The fraction of sp³-hybridized carbons (Fsp3) is 0.769. The Morgan fingerprint density at radius 3 is 2.26 bits per heavy atom. The molecule has 0 aromatic rings. The number of hydrogen-bond acceptors (Lipinski definition) is 3. The van der Waals surface area contributed by atoms with Crippen LogP contribution in [0.1, 0.15) is 40.0 Å². The van der Waals surface area contributed by atoms with Gasteiger partial charge in [-0.05, 0) is 25.7 Å². The summed E-state index contributed by atoms with van der Waals surface area (Å²) in [6, 6.07) is 0.254. The molecule has 3 N–H and O–H groups in total. The highest BCUT2D eigenvalue weighted by molar-refractivity contribution is 5.88. The maximum Gasteiger partial charge on any atom is 0.310 e. The summed E-state index contributed by atoms with van der Waals surface area (Å²) in [6.07, 6.45) is 1.85. The van der Waals surface area contributed by atoms with Gasteiger partial charge in [0.1, 0.15) is 0 Å².